The summed E-state index contributed by atoms with van der Waals surface area (Å²) < 4.78 is 6.35. The van der Waals surface area contributed by atoms with E-state index in [1.165, 1.54) is 6.07 Å². The Balaban J connectivity index is 2.07. The largest absolute Gasteiger partial charge is 0.508 e. The van der Waals surface area contributed by atoms with E-state index < -0.39 is 12.2 Å². The number of carbonyl (C=O) groups is 1. The molecule has 1 aliphatic rings. The third kappa shape index (κ3) is 6.23. The minimum atomic E-state index is -0.869. The van der Waals surface area contributed by atoms with E-state index in [4.69, 9.17) is 4.74 Å². The van der Waals surface area contributed by atoms with Crippen LogP contribution in [0.1, 0.15) is 79.8 Å². The normalized spacial score (nSPS) is 15.6. The number of rotatable bonds is 8. The van der Waals surface area contributed by atoms with Gasteiger partial charge in [0.05, 0.1) is 18.1 Å². The maximum atomic E-state index is 13.1. The Morgan fingerprint density at radius 2 is 1.63 bits per heavy atom. The molecule has 5 heteroatoms. The van der Waals surface area contributed by atoms with Crippen molar-refractivity contribution in [3.8, 4) is 17.2 Å². The van der Waals surface area contributed by atoms with Crippen LogP contribution in [-0.4, -0.2) is 27.2 Å². The number of ether oxygens (including phenoxy) is 1. The zero-order valence-electron chi connectivity index (χ0n) is 21.3. The van der Waals surface area contributed by atoms with Gasteiger partial charge in [-0.15, -0.1) is 0 Å². The van der Waals surface area contributed by atoms with Gasteiger partial charge in [0, 0.05) is 12.0 Å². The molecule has 0 spiro atoms. The molecule has 0 amide bonds. The Morgan fingerprint density at radius 3 is 2.14 bits per heavy atom. The van der Waals surface area contributed by atoms with Crippen molar-refractivity contribution in [1.82, 2.24) is 0 Å². The van der Waals surface area contributed by atoms with Crippen LogP contribution in [0.5, 0.6) is 17.2 Å². The highest BCUT2D eigenvalue weighted by Gasteiger charge is 2.32. The maximum Gasteiger partial charge on any atom is 0.170 e. The molecule has 0 bridgehead atoms. The Morgan fingerprint density at radius 1 is 1.06 bits per heavy atom. The number of hydrogen-bond donors (Lipinski definition) is 3. The summed E-state index contributed by atoms with van der Waals surface area (Å²) in [5.74, 6) is 0.439. The van der Waals surface area contributed by atoms with Crippen LogP contribution in [-0.2, 0) is 19.3 Å². The third-order valence-corrected chi connectivity index (χ3v) is 6.26. The van der Waals surface area contributed by atoms with Crippen molar-refractivity contribution in [2.75, 3.05) is 0 Å². The average Bonchev–Trinajstić information content (AvgIpc) is 2.78. The molecule has 0 fully saturated rings. The lowest BCUT2D eigenvalue weighted by molar-refractivity contribution is 0.0844. The van der Waals surface area contributed by atoms with E-state index in [-0.39, 0.29) is 30.1 Å². The minimum absolute atomic E-state index is 0.0308. The van der Waals surface area contributed by atoms with E-state index >= 15 is 0 Å². The monoisotopic (exact) mass is 476 g/mol. The molecule has 0 saturated carbocycles. The fraction of sp³-hybridized carbons (Fsp3) is 0.367. The molecule has 0 saturated heterocycles. The Hall–Kier alpha value is -3.31. The minimum Gasteiger partial charge on any atom is -0.508 e. The van der Waals surface area contributed by atoms with Crippen molar-refractivity contribution in [1.29, 1.82) is 0 Å². The molecule has 186 valence electrons. The van der Waals surface area contributed by atoms with Gasteiger partial charge in [0.1, 0.15) is 23.4 Å². The quantitative estimate of drug-likeness (QED) is 0.389. The van der Waals surface area contributed by atoms with Crippen molar-refractivity contribution in [3.05, 3.63) is 87.5 Å². The molecular weight excluding hydrogens is 440 g/mol. The molecule has 5 nitrogen and oxygen atoms in total. The molecule has 2 aromatic rings. The van der Waals surface area contributed by atoms with E-state index in [9.17, 15) is 20.1 Å². The SMILES string of the molecule is C=C(C)[C@@H](O)Cc1c(O)ccc2c1O[C@@H](c1cc(CC=C(C)C)c(O)c(CC=C(C)C)c1)CC2=O. The molecule has 0 radical (unpaired) electrons. The van der Waals surface area contributed by atoms with Crippen LogP contribution in [0.25, 0.3) is 0 Å². The maximum absolute atomic E-state index is 13.1. The number of fused-ring (bicyclic) bond motifs is 1. The van der Waals surface area contributed by atoms with Crippen LogP contribution in [0.4, 0.5) is 0 Å². The molecule has 3 rings (SSSR count). The predicted octanol–water partition coefficient (Wildman–Crippen LogP) is 6.30. The second kappa shape index (κ2) is 11.0. The van der Waals surface area contributed by atoms with Crippen LogP contribution in [0, 0.1) is 0 Å². The van der Waals surface area contributed by atoms with E-state index in [0.717, 1.165) is 27.8 Å². The summed E-state index contributed by atoms with van der Waals surface area (Å²) in [6, 6.07) is 6.83. The van der Waals surface area contributed by atoms with Crippen molar-refractivity contribution in [3.63, 3.8) is 0 Å². The van der Waals surface area contributed by atoms with Crippen LogP contribution in [0.15, 0.2) is 59.7 Å². The number of Topliss-reactive ketones (excluding diaryl/α,β-unsaturated/α-hetero) is 1. The van der Waals surface area contributed by atoms with Gasteiger partial charge in [-0.1, -0.05) is 35.5 Å². The predicted molar refractivity (Wildman–Crippen MR) is 139 cm³/mol. The summed E-state index contributed by atoms with van der Waals surface area (Å²) in [7, 11) is 0. The average molecular weight is 477 g/mol. The lowest BCUT2D eigenvalue weighted by Crippen LogP contribution is -2.23. The first-order valence-corrected chi connectivity index (χ1v) is 12.0. The van der Waals surface area contributed by atoms with Gasteiger partial charge in [0.15, 0.2) is 5.78 Å². The van der Waals surface area contributed by atoms with Crippen LogP contribution < -0.4 is 4.74 Å². The molecule has 0 aromatic heterocycles. The number of carbonyl (C=O) groups excluding carboxylic acids is 1. The first-order chi connectivity index (χ1) is 16.5. The number of allylic oxidation sites excluding steroid dienone is 4. The van der Waals surface area contributed by atoms with Gasteiger partial charge in [-0.2, -0.15) is 0 Å². The van der Waals surface area contributed by atoms with Crippen molar-refractivity contribution >= 4 is 5.78 Å². The summed E-state index contributed by atoms with van der Waals surface area (Å²) in [6.45, 7) is 13.5. The van der Waals surface area contributed by atoms with E-state index in [0.29, 0.717) is 35.3 Å². The lowest BCUT2D eigenvalue weighted by Gasteiger charge is -2.29. The van der Waals surface area contributed by atoms with Crippen LogP contribution >= 0.6 is 0 Å². The summed E-state index contributed by atoms with van der Waals surface area (Å²) in [6.07, 6.45) is 4.05. The van der Waals surface area contributed by atoms with Gasteiger partial charge in [0.25, 0.3) is 0 Å². The zero-order valence-corrected chi connectivity index (χ0v) is 21.3. The highest BCUT2D eigenvalue weighted by atomic mass is 16.5. The first-order valence-electron chi connectivity index (χ1n) is 12.0. The van der Waals surface area contributed by atoms with E-state index in [1.54, 1.807) is 13.0 Å². The molecule has 1 aliphatic heterocycles. The first kappa shape index (κ1) is 26.3. The van der Waals surface area contributed by atoms with Gasteiger partial charge in [-0.25, -0.2) is 0 Å². The van der Waals surface area contributed by atoms with Gasteiger partial charge in [-0.3, -0.25) is 4.79 Å². The third-order valence-electron chi connectivity index (χ3n) is 6.26. The standard InChI is InChI=1S/C30H36O5/c1-17(2)7-9-20-13-22(14-21(29(20)34)10-8-18(3)4)28-16-27(33)23-11-12-25(31)24(30(23)35-28)15-26(32)19(5)6/h7-8,11-14,26,28,31-32,34H,5,9-10,15-16H2,1-4,6H3/t26-,28+/m0/s1. The fourth-order valence-corrected chi connectivity index (χ4v) is 4.10. The molecular formula is C30H36O5. The Kier molecular flexibility index (Phi) is 8.23. The number of ketones is 1. The highest BCUT2D eigenvalue weighted by molar-refractivity contribution is 6.00. The number of aromatic hydroxyl groups is 2. The van der Waals surface area contributed by atoms with Crippen molar-refractivity contribution in [2.24, 2.45) is 0 Å². The topological polar surface area (TPSA) is 87.0 Å². The van der Waals surface area contributed by atoms with E-state index in [2.05, 4.69) is 18.7 Å². The fourth-order valence-electron chi connectivity index (χ4n) is 4.10. The number of phenols is 2. The van der Waals surface area contributed by atoms with Crippen LogP contribution in [0.3, 0.4) is 0 Å². The van der Waals surface area contributed by atoms with E-state index in [1.807, 2.05) is 39.8 Å². The number of phenolic OH excluding ortho intramolecular Hbond substituents is 2. The number of benzene rings is 2. The van der Waals surface area contributed by atoms with Crippen molar-refractivity contribution in [2.45, 2.75) is 72.5 Å². The second-order valence-corrected chi connectivity index (χ2v) is 9.90. The zero-order chi connectivity index (χ0) is 25.9. The Bertz CT molecular complexity index is 1150. The summed E-state index contributed by atoms with van der Waals surface area (Å²) >= 11 is 0. The Labute approximate surface area is 208 Å². The summed E-state index contributed by atoms with van der Waals surface area (Å²) in [4.78, 5) is 13.1. The molecule has 2 atom stereocenters. The number of aliphatic hydroxyl groups is 1. The van der Waals surface area contributed by atoms with Gasteiger partial charge in [0.2, 0.25) is 0 Å². The molecule has 35 heavy (non-hydrogen) atoms. The summed E-state index contributed by atoms with van der Waals surface area (Å²) in [5.41, 5.74) is 6.00. The molecule has 2 aromatic carbocycles. The van der Waals surface area contributed by atoms with Gasteiger partial charge >= 0.3 is 0 Å². The van der Waals surface area contributed by atoms with Crippen molar-refractivity contribution < 1.29 is 24.9 Å². The highest BCUT2D eigenvalue weighted by Crippen LogP contribution is 2.42. The molecule has 3 N–H and O–H groups in total. The van der Waals surface area contributed by atoms with Crippen LogP contribution in [0.2, 0.25) is 0 Å². The second-order valence-electron chi connectivity index (χ2n) is 9.90. The molecule has 0 unspecified atom stereocenters. The van der Waals surface area contributed by atoms with Gasteiger partial charge < -0.3 is 20.1 Å². The number of aliphatic hydroxyl groups excluding tert-OH is 1. The summed E-state index contributed by atoms with van der Waals surface area (Å²) in [5, 5.41) is 31.9. The van der Waals surface area contributed by atoms with Gasteiger partial charge in [-0.05, 0) is 88.4 Å². The lowest BCUT2D eigenvalue weighted by atomic mass is 9.89. The molecule has 0 aliphatic carbocycles. The smallest absolute Gasteiger partial charge is 0.170 e. The molecule has 1 heterocycles. The number of hydrogen-bond acceptors (Lipinski definition) is 5.